The highest BCUT2D eigenvalue weighted by molar-refractivity contribution is 6.02. The number of hydrogen-bond acceptors (Lipinski definition) is 9. The van der Waals surface area contributed by atoms with Crippen molar-refractivity contribution in [3.05, 3.63) is 29.3 Å². The van der Waals surface area contributed by atoms with E-state index in [9.17, 15) is 24.0 Å². The summed E-state index contributed by atoms with van der Waals surface area (Å²) in [6.07, 6.45) is 1.96. The zero-order chi connectivity index (χ0) is 23.4. The van der Waals surface area contributed by atoms with Crippen LogP contribution in [0.25, 0.3) is 0 Å². The Balaban J connectivity index is 2.77. The molecule has 31 heavy (non-hydrogen) atoms. The predicted molar refractivity (Wildman–Crippen MR) is 110 cm³/mol. The molecule has 0 saturated heterocycles. The molecule has 10 heteroatoms. The normalized spacial score (nSPS) is 11.2. The van der Waals surface area contributed by atoms with Crippen molar-refractivity contribution in [2.75, 3.05) is 20.3 Å². The summed E-state index contributed by atoms with van der Waals surface area (Å²) in [6, 6.07) is 3.41. The molecule has 1 aromatic rings. The number of benzene rings is 1. The number of amides is 1. The van der Waals surface area contributed by atoms with Gasteiger partial charge < -0.3 is 25.3 Å². The monoisotopic (exact) mass is 436 g/mol. The second kappa shape index (κ2) is 13.1. The lowest BCUT2D eigenvalue weighted by Crippen LogP contribution is -2.35. The second-order valence-corrected chi connectivity index (χ2v) is 6.77. The molecule has 0 saturated carbocycles. The number of rotatable bonds is 12. The van der Waals surface area contributed by atoms with E-state index in [1.807, 2.05) is 0 Å². The standard InChI is InChI=1S/C21H28N2O8/c1-13(24)23-16(6-4-5-9-22)11-20(27)30-12-18(26)15-7-8-19(31-14(2)25)17(10-15)21(28)29-3/h7-8,10,16H,4-6,9,11-12,22H2,1-3H3,(H,23,24). The smallest absolute Gasteiger partial charge is 0.341 e. The topological polar surface area (TPSA) is 151 Å². The van der Waals surface area contributed by atoms with Crippen LogP contribution in [0, 0.1) is 0 Å². The van der Waals surface area contributed by atoms with Crippen LogP contribution in [0.2, 0.25) is 0 Å². The molecular formula is C21H28N2O8. The number of methoxy groups -OCH3 is 1. The summed E-state index contributed by atoms with van der Waals surface area (Å²) in [5.41, 5.74) is 5.42. The fraction of sp³-hybridized carbons (Fsp3) is 0.476. The van der Waals surface area contributed by atoms with E-state index in [1.54, 1.807) is 0 Å². The minimum atomic E-state index is -0.793. The molecule has 0 aromatic heterocycles. The third kappa shape index (κ3) is 9.39. The number of carbonyl (C=O) groups excluding carboxylic acids is 5. The summed E-state index contributed by atoms with van der Waals surface area (Å²) >= 11 is 0. The number of hydrogen-bond donors (Lipinski definition) is 2. The summed E-state index contributed by atoms with van der Waals surface area (Å²) in [5, 5.41) is 2.68. The van der Waals surface area contributed by atoms with Gasteiger partial charge in [0.15, 0.2) is 12.4 Å². The molecular weight excluding hydrogens is 408 g/mol. The number of esters is 3. The predicted octanol–water partition coefficient (Wildman–Crippen LogP) is 1.15. The Morgan fingerprint density at radius 3 is 2.39 bits per heavy atom. The van der Waals surface area contributed by atoms with Crippen molar-refractivity contribution >= 4 is 29.6 Å². The van der Waals surface area contributed by atoms with Crippen molar-refractivity contribution in [2.24, 2.45) is 5.73 Å². The molecule has 0 radical (unpaired) electrons. The van der Waals surface area contributed by atoms with E-state index in [0.29, 0.717) is 13.0 Å². The zero-order valence-corrected chi connectivity index (χ0v) is 17.9. The van der Waals surface area contributed by atoms with Gasteiger partial charge in [0.1, 0.15) is 11.3 Å². The van der Waals surface area contributed by atoms with Crippen LogP contribution in [-0.2, 0) is 23.9 Å². The average Bonchev–Trinajstić information content (AvgIpc) is 2.71. The maximum Gasteiger partial charge on any atom is 0.341 e. The summed E-state index contributed by atoms with van der Waals surface area (Å²) in [5.74, 6) is -2.97. The van der Waals surface area contributed by atoms with Gasteiger partial charge in [0.25, 0.3) is 0 Å². The second-order valence-electron chi connectivity index (χ2n) is 6.77. The number of carbonyl (C=O) groups is 5. The van der Waals surface area contributed by atoms with E-state index in [0.717, 1.165) is 20.0 Å². The maximum absolute atomic E-state index is 12.4. The van der Waals surface area contributed by atoms with Gasteiger partial charge in [-0.2, -0.15) is 0 Å². The van der Waals surface area contributed by atoms with Crippen molar-refractivity contribution in [2.45, 2.75) is 45.6 Å². The molecule has 0 fully saturated rings. The Morgan fingerprint density at radius 1 is 1.10 bits per heavy atom. The first-order valence-corrected chi connectivity index (χ1v) is 9.74. The van der Waals surface area contributed by atoms with E-state index >= 15 is 0 Å². The maximum atomic E-state index is 12.4. The highest BCUT2D eigenvalue weighted by atomic mass is 16.5. The lowest BCUT2D eigenvalue weighted by Gasteiger charge is -2.17. The van der Waals surface area contributed by atoms with E-state index in [-0.39, 0.29) is 29.2 Å². The number of ether oxygens (including phenoxy) is 3. The Hall–Kier alpha value is -3.27. The summed E-state index contributed by atoms with van der Waals surface area (Å²) in [7, 11) is 1.15. The largest absolute Gasteiger partial charge is 0.465 e. The van der Waals surface area contributed by atoms with Crippen LogP contribution in [0.15, 0.2) is 18.2 Å². The molecule has 0 aliphatic carbocycles. The van der Waals surface area contributed by atoms with Crippen LogP contribution < -0.4 is 15.8 Å². The first kappa shape index (κ1) is 25.8. The van der Waals surface area contributed by atoms with Crippen LogP contribution >= 0.6 is 0 Å². The van der Waals surface area contributed by atoms with Gasteiger partial charge in [-0.1, -0.05) is 6.42 Å². The van der Waals surface area contributed by atoms with Gasteiger partial charge in [-0.15, -0.1) is 0 Å². The molecule has 170 valence electrons. The van der Waals surface area contributed by atoms with Crippen molar-refractivity contribution in [3.8, 4) is 5.75 Å². The first-order chi connectivity index (χ1) is 14.7. The van der Waals surface area contributed by atoms with E-state index in [4.69, 9.17) is 15.2 Å². The Morgan fingerprint density at radius 2 is 1.81 bits per heavy atom. The SMILES string of the molecule is COC(=O)c1cc(C(=O)COC(=O)CC(CCCCN)NC(C)=O)ccc1OC(C)=O. The highest BCUT2D eigenvalue weighted by Crippen LogP contribution is 2.22. The fourth-order valence-corrected chi connectivity index (χ4v) is 2.75. The third-order valence-corrected chi connectivity index (χ3v) is 4.15. The molecule has 1 atom stereocenters. The van der Waals surface area contributed by atoms with Crippen molar-refractivity contribution < 1.29 is 38.2 Å². The van der Waals surface area contributed by atoms with Gasteiger partial charge >= 0.3 is 17.9 Å². The van der Waals surface area contributed by atoms with E-state index in [2.05, 4.69) is 10.1 Å². The van der Waals surface area contributed by atoms with Gasteiger partial charge in [-0.3, -0.25) is 19.2 Å². The number of nitrogens with one attached hydrogen (secondary N) is 1. The van der Waals surface area contributed by atoms with Crippen LogP contribution in [0.1, 0.15) is 60.2 Å². The molecule has 1 unspecified atom stereocenters. The molecule has 0 bridgehead atoms. The molecule has 0 spiro atoms. The molecule has 1 rings (SSSR count). The van der Waals surface area contributed by atoms with Gasteiger partial charge in [-0.25, -0.2) is 4.79 Å². The van der Waals surface area contributed by atoms with Crippen molar-refractivity contribution in [1.29, 1.82) is 0 Å². The number of nitrogens with two attached hydrogens (primary N) is 1. The Labute approximate surface area is 180 Å². The van der Waals surface area contributed by atoms with Crippen LogP contribution in [0.3, 0.4) is 0 Å². The van der Waals surface area contributed by atoms with Gasteiger partial charge in [-0.05, 0) is 37.6 Å². The summed E-state index contributed by atoms with van der Waals surface area (Å²) < 4.78 is 14.6. The summed E-state index contributed by atoms with van der Waals surface area (Å²) in [6.45, 7) is 2.48. The molecule has 10 nitrogen and oxygen atoms in total. The van der Waals surface area contributed by atoms with E-state index < -0.39 is 36.3 Å². The lowest BCUT2D eigenvalue weighted by molar-refractivity contribution is -0.143. The zero-order valence-electron chi connectivity index (χ0n) is 17.9. The van der Waals surface area contributed by atoms with Gasteiger partial charge in [0.2, 0.25) is 5.91 Å². The highest BCUT2D eigenvalue weighted by Gasteiger charge is 2.20. The Kier molecular flexibility index (Phi) is 10.9. The molecule has 1 aromatic carbocycles. The average molecular weight is 436 g/mol. The fourth-order valence-electron chi connectivity index (χ4n) is 2.75. The van der Waals surface area contributed by atoms with Crippen molar-refractivity contribution in [1.82, 2.24) is 5.32 Å². The number of ketones is 1. The van der Waals surface area contributed by atoms with Crippen LogP contribution in [0.4, 0.5) is 0 Å². The third-order valence-electron chi connectivity index (χ3n) is 4.15. The summed E-state index contributed by atoms with van der Waals surface area (Å²) in [4.78, 5) is 58.9. The minimum Gasteiger partial charge on any atom is -0.465 e. The molecule has 1 amide bonds. The minimum absolute atomic E-state index is 0.0523. The lowest BCUT2D eigenvalue weighted by atomic mass is 10.1. The molecule has 3 N–H and O–H groups in total. The van der Waals surface area contributed by atoms with Crippen LogP contribution in [-0.4, -0.2) is 55.9 Å². The molecule has 0 heterocycles. The van der Waals surface area contributed by atoms with Crippen molar-refractivity contribution in [3.63, 3.8) is 0 Å². The molecule has 0 aliphatic rings. The number of unbranched alkanes of at least 4 members (excludes halogenated alkanes) is 1. The van der Waals surface area contributed by atoms with E-state index in [1.165, 1.54) is 32.0 Å². The van der Waals surface area contributed by atoms with Crippen LogP contribution in [0.5, 0.6) is 5.75 Å². The quantitative estimate of drug-likeness (QED) is 0.213. The van der Waals surface area contributed by atoms with Gasteiger partial charge in [0.05, 0.1) is 13.5 Å². The molecule has 0 aliphatic heterocycles. The number of Topliss-reactive ketones (excluding diaryl/α,β-unsaturated/α-hetero) is 1. The Bertz CT molecular complexity index is 822. The van der Waals surface area contributed by atoms with Gasteiger partial charge in [0, 0.05) is 25.5 Å². The first-order valence-electron chi connectivity index (χ1n) is 9.74.